The average molecular weight is 388 g/mol. The first-order valence-corrected chi connectivity index (χ1v) is 9.77. The van der Waals surface area contributed by atoms with Crippen LogP contribution in [0.5, 0.6) is 11.5 Å². The second-order valence-electron chi connectivity index (χ2n) is 6.99. The Morgan fingerprint density at radius 3 is 2.03 bits per heavy atom. The van der Waals surface area contributed by atoms with E-state index in [0.717, 1.165) is 22.6 Å². The van der Waals surface area contributed by atoms with E-state index in [1.54, 1.807) is 0 Å². The Hall–Kier alpha value is -3.47. The molecule has 148 valence electrons. The maximum atomic E-state index is 13.0. The Morgan fingerprint density at radius 2 is 1.41 bits per heavy atom. The Bertz CT molecular complexity index is 921. The smallest absolute Gasteiger partial charge is 0.242 e. The number of carbonyl (C=O) groups is 1. The van der Waals surface area contributed by atoms with Crippen molar-refractivity contribution in [3.63, 3.8) is 0 Å². The largest absolute Gasteiger partial charge is 0.486 e. The molecule has 1 heterocycles. The summed E-state index contributed by atoms with van der Waals surface area (Å²) in [7, 11) is 0. The zero-order valence-electron chi connectivity index (χ0n) is 16.3. The van der Waals surface area contributed by atoms with Gasteiger partial charge in [0, 0.05) is 11.8 Å². The van der Waals surface area contributed by atoms with E-state index in [-0.39, 0.29) is 11.9 Å². The predicted molar refractivity (Wildman–Crippen MR) is 113 cm³/mol. The molecule has 4 rings (SSSR count). The highest BCUT2D eigenvalue weighted by Crippen LogP contribution is 2.32. The van der Waals surface area contributed by atoms with Crippen molar-refractivity contribution >= 4 is 11.6 Å². The number of ether oxygens (including phenoxy) is 2. The summed E-state index contributed by atoms with van der Waals surface area (Å²) in [5, 5.41) is 6.43. The number of amides is 1. The van der Waals surface area contributed by atoms with Crippen LogP contribution in [-0.2, 0) is 4.79 Å². The molecule has 1 aliphatic heterocycles. The molecule has 0 bridgehead atoms. The number of hydrogen-bond donors (Lipinski definition) is 2. The number of benzene rings is 3. The first-order chi connectivity index (χ1) is 14.2. The monoisotopic (exact) mass is 388 g/mol. The standard InChI is InChI=1S/C24H24N2O3/c1-17(25-20-12-13-21-22(16-20)29-15-14-28-21)24(27)26-23(18-8-4-2-5-9-18)19-10-6-3-7-11-19/h2-13,16-17,23,25H,14-15H2,1H3,(H,26,27)/t17-/m0/s1. The van der Waals surface area contributed by atoms with Gasteiger partial charge < -0.3 is 20.1 Å². The molecule has 2 N–H and O–H groups in total. The lowest BCUT2D eigenvalue weighted by Gasteiger charge is -2.24. The fourth-order valence-electron chi connectivity index (χ4n) is 3.37. The molecule has 3 aromatic carbocycles. The van der Waals surface area contributed by atoms with Crippen LogP contribution in [0, 0.1) is 0 Å². The van der Waals surface area contributed by atoms with Gasteiger partial charge >= 0.3 is 0 Å². The second kappa shape index (κ2) is 8.69. The second-order valence-corrected chi connectivity index (χ2v) is 6.99. The van der Waals surface area contributed by atoms with Gasteiger partial charge in [-0.1, -0.05) is 60.7 Å². The maximum Gasteiger partial charge on any atom is 0.242 e. The van der Waals surface area contributed by atoms with Crippen LogP contribution >= 0.6 is 0 Å². The Morgan fingerprint density at radius 1 is 0.828 bits per heavy atom. The number of carbonyl (C=O) groups excluding carboxylic acids is 1. The first kappa shape index (κ1) is 18.9. The van der Waals surface area contributed by atoms with Crippen molar-refractivity contribution in [1.82, 2.24) is 5.32 Å². The minimum atomic E-state index is -0.424. The normalized spacial score (nSPS) is 13.6. The molecule has 1 atom stereocenters. The highest BCUT2D eigenvalue weighted by Gasteiger charge is 2.21. The highest BCUT2D eigenvalue weighted by molar-refractivity contribution is 5.85. The third kappa shape index (κ3) is 4.51. The first-order valence-electron chi connectivity index (χ1n) is 9.77. The van der Waals surface area contributed by atoms with Crippen LogP contribution < -0.4 is 20.1 Å². The molecule has 5 nitrogen and oxygen atoms in total. The van der Waals surface area contributed by atoms with Crippen LogP contribution in [0.1, 0.15) is 24.1 Å². The molecule has 0 aliphatic carbocycles. The number of hydrogen-bond acceptors (Lipinski definition) is 4. The lowest BCUT2D eigenvalue weighted by molar-refractivity contribution is -0.122. The van der Waals surface area contributed by atoms with E-state index in [4.69, 9.17) is 9.47 Å². The van der Waals surface area contributed by atoms with Crippen LogP contribution in [0.25, 0.3) is 0 Å². The van der Waals surface area contributed by atoms with Gasteiger partial charge in [-0.05, 0) is 30.2 Å². The molecule has 0 spiro atoms. The zero-order chi connectivity index (χ0) is 20.1. The minimum Gasteiger partial charge on any atom is -0.486 e. The highest BCUT2D eigenvalue weighted by atomic mass is 16.6. The third-order valence-corrected chi connectivity index (χ3v) is 4.87. The van der Waals surface area contributed by atoms with Gasteiger partial charge in [-0.2, -0.15) is 0 Å². The Balaban J connectivity index is 1.48. The third-order valence-electron chi connectivity index (χ3n) is 4.87. The zero-order valence-corrected chi connectivity index (χ0v) is 16.3. The average Bonchev–Trinajstić information content (AvgIpc) is 2.78. The summed E-state index contributed by atoms with van der Waals surface area (Å²) in [6.07, 6.45) is 0. The van der Waals surface area contributed by atoms with Crippen molar-refractivity contribution in [2.24, 2.45) is 0 Å². The lowest BCUT2D eigenvalue weighted by Crippen LogP contribution is -2.40. The van der Waals surface area contributed by atoms with Gasteiger partial charge in [0.1, 0.15) is 19.3 Å². The van der Waals surface area contributed by atoms with Gasteiger partial charge in [0.25, 0.3) is 0 Å². The summed E-state index contributed by atoms with van der Waals surface area (Å²) in [6.45, 7) is 2.93. The van der Waals surface area contributed by atoms with E-state index in [1.165, 1.54) is 0 Å². The van der Waals surface area contributed by atoms with Crippen molar-refractivity contribution < 1.29 is 14.3 Å². The molecule has 3 aromatic rings. The molecular weight excluding hydrogens is 364 g/mol. The van der Waals surface area contributed by atoms with Crippen LogP contribution in [0.15, 0.2) is 78.9 Å². The SMILES string of the molecule is C[C@H](Nc1ccc2c(c1)OCCO2)C(=O)NC(c1ccccc1)c1ccccc1. The Labute approximate surface area is 170 Å². The van der Waals surface area contributed by atoms with Crippen molar-refractivity contribution in [2.75, 3.05) is 18.5 Å². The number of anilines is 1. The topological polar surface area (TPSA) is 59.6 Å². The maximum absolute atomic E-state index is 13.0. The molecule has 0 saturated heterocycles. The number of fused-ring (bicyclic) bond motifs is 1. The summed E-state index contributed by atoms with van der Waals surface area (Å²) in [5.74, 6) is 1.34. The molecule has 0 saturated carbocycles. The molecule has 0 unspecified atom stereocenters. The van der Waals surface area contributed by atoms with Crippen LogP contribution in [-0.4, -0.2) is 25.2 Å². The summed E-state index contributed by atoms with van der Waals surface area (Å²) in [5.41, 5.74) is 2.89. The summed E-state index contributed by atoms with van der Waals surface area (Å²) < 4.78 is 11.2. The molecular formula is C24H24N2O3. The van der Waals surface area contributed by atoms with Gasteiger partial charge in [0.2, 0.25) is 5.91 Å². The fourth-order valence-corrected chi connectivity index (χ4v) is 3.37. The van der Waals surface area contributed by atoms with Gasteiger partial charge in [0.05, 0.1) is 6.04 Å². The van der Waals surface area contributed by atoms with E-state index in [0.29, 0.717) is 19.0 Å². The van der Waals surface area contributed by atoms with E-state index in [2.05, 4.69) is 10.6 Å². The van der Waals surface area contributed by atoms with E-state index in [9.17, 15) is 4.79 Å². The quantitative estimate of drug-likeness (QED) is 0.666. The van der Waals surface area contributed by atoms with Gasteiger partial charge in [-0.25, -0.2) is 0 Å². The van der Waals surface area contributed by atoms with Gasteiger partial charge in [-0.15, -0.1) is 0 Å². The molecule has 0 radical (unpaired) electrons. The van der Waals surface area contributed by atoms with Crippen LogP contribution in [0.4, 0.5) is 5.69 Å². The summed E-state index contributed by atoms with van der Waals surface area (Å²) >= 11 is 0. The fraction of sp³-hybridized carbons (Fsp3) is 0.208. The minimum absolute atomic E-state index is 0.0856. The molecule has 1 aliphatic rings. The molecule has 29 heavy (non-hydrogen) atoms. The molecule has 0 fully saturated rings. The number of rotatable bonds is 6. The van der Waals surface area contributed by atoms with Crippen molar-refractivity contribution in [2.45, 2.75) is 19.0 Å². The van der Waals surface area contributed by atoms with Crippen molar-refractivity contribution in [3.05, 3.63) is 90.0 Å². The molecule has 0 aromatic heterocycles. The lowest BCUT2D eigenvalue weighted by atomic mass is 9.98. The van der Waals surface area contributed by atoms with Crippen molar-refractivity contribution in [1.29, 1.82) is 0 Å². The Kier molecular flexibility index (Phi) is 5.66. The van der Waals surface area contributed by atoms with E-state index < -0.39 is 6.04 Å². The van der Waals surface area contributed by atoms with Crippen LogP contribution in [0.2, 0.25) is 0 Å². The summed E-state index contributed by atoms with van der Waals surface area (Å²) in [6, 6.07) is 24.9. The van der Waals surface area contributed by atoms with E-state index in [1.807, 2.05) is 85.8 Å². The molecule has 1 amide bonds. The van der Waals surface area contributed by atoms with E-state index >= 15 is 0 Å². The molecule has 5 heteroatoms. The van der Waals surface area contributed by atoms with Gasteiger partial charge in [-0.3, -0.25) is 4.79 Å². The van der Waals surface area contributed by atoms with Crippen LogP contribution in [0.3, 0.4) is 0 Å². The van der Waals surface area contributed by atoms with Crippen molar-refractivity contribution in [3.8, 4) is 11.5 Å². The number of nitrogens with one attached hydrogen (secondary N) is 2. The summed E-state index contributed by atoms with van der Waals surface area (Å²) in [4.78, 5) is 13.0. The van der Waals surface area contributed by atoms with Gasteiger partial charge in [0.15, 0.2) is 11.5 Å². The predicted octanol–water partition coefficient (Wildman–Crippen LogP) is 4.16.